The molecule has 150 valence electrons. The molecule has 0 aliphatic carbocycles. The third-order valence-electron chi connectivity index (χ3n) is 4.55. The molecule has 3 amide bonds. The van der Waals surface area contributed by atoms with Crippen molar-refractivity contribution in [3.8, 4) is 0 Å². The van der Waals surface area contributed by atoms with Crippen LogP contribution in [0.25, 0.3) is 17.0 Å². The van der Waals surface area contributed by atoms with Crippen LogP contribution in [0.4, 0.5) is 10.5 Å². The van der Waals surface area contributed by atoms with Gasteiger partial charge in [-0.1, -0.05) is 36.4 Å². The summed E-state index contributed by atoms with van der Waals surface area (Å²) in [5.74, 6) is -1.12. The van der Waals surface area contributed by atoms with Crippen LogP contribution in [-0.2, 0) is 9.59 Å². The van der Waals surface area contributed by atoms with E-state index in [1.807, 2.05) is 19.1 Å². The Labute approximate surface area is 175 Å². The van der Waals surface area contributed by atoms with Crippen LogP contribution in [0.5, 0.6) is 0 Å². The summed E-state index contributed by atoms with van der Waals surface area (Å²) in [6.07, 6.45) is 1.32. The number of amides is 3. The number of carbonyl (C=O) groups excluding carboxylic acids is 3. The summed E-state index contributed by atoms with van der Waals surface area (Å²) in [4.78, 5) is 50.4. The monoisotopic (exact) mass is 420 g/mol. The van der Waals surface area contributed by atoms with E-state index < -0.39 is 29.2 Å². The van der Waals surface area contributed by atoms with Crippen LogP contribution >= 0.6 is 11.8 Å². The number of rotatable bonds is 4. The van der Waals surface area contributed by atoms with Crippen LogP contribution in [0.3, 0.4) is 0 Å². The number of hydrogen-bond donors (Lipinski definition) is 1. The molecule has 0 saturated carbocycles. The predicted molar refractivity (Wildman–Crippen MR) is 115 cm³/mol. The molecule has 1 aliphatic rings. The topological polar surface area (TPSA) is 96.7 Å². The normalized spacial score (nSPS) is 15.2. The van der Waals surface area contributed by atoms with Crippen molar-refractivity contribution in [1.29, 1.82) is 0 Å². The number of anilines is 1. The smallest absolute Gasteiger partial charge is 0.343 e. The first-order valence-electron chi connectivity index (χ1n) is 9.06. The molecule has 0 bridgehead atoms. The van der Waals surface area contributed by atoms with E-state index in [9.17, 15) is 19.2 Å². The Morgan fingerprint density at radius 2 is 1.83 bits per heavy atom. The molecule has 1 N–H and O–H groups in total. The van der Waals surface area contributed by atoms with Gasteiger partial charge < -0.3 is 9.73 Å². The van der Waals surface area contributed by atoms with E-state index in [-0.39, 0.29) is 10.5 Å². The number of fused-ring (bicyclic) bond motifs is 1. The van der Waals surface area contributed by atoms with Crippen molar-refractivity contribution in [2.45, 2.75) is 6.92 Å². The molecule has 2 aromatic carbocycles. The molecule has 1 fully saturated rings. The number of nitrogens with one attached hydrogen (secondary N) is 1. The van der Waals surface area contributed by atoms with Crippen molar-refractivity contribution >= 4 is 51.5 Å². The molecule has 1 aromatic heterocycles. The Hall–Kier alpha value is -3.65. The minimum absolute atomic E-state index is 0.0614. The summed E-state index contributed by atoms with van der Waals surface area (Å²) in [5.41, 5.74) is 1.45. The Balaban J connectivity index is 1.54. The van der Waals surface area contributed by atoms with E-state index >= 15 is 0 Å². The highest BCUT2D eigenvalue weighted by molar-refractivity contribution is 8.18. The molecule has 1 aliphatic heterocycles. The van der Waals surface area contributed by atoms with Gasteiger partial charge in [-0.15, -0.1) is 0 Å². The third-order valence-corrected chi connectivity index (χ3v) is 5.46. The molecule has 2 heterocycles. The fraction of sp³-hybridized carbons (Fsp3) is 0.0909. The summed E-state index contributed by atoms with van der Waals surface area (Å²) in [6.45, 7) is 1.43. The van der Waals surface area contributed by atoms with Gasteiger partial charge in [0, 0.05) is 11.1 Å². The molecular formula is C22H16N2O5S. The number of hydrogen-bond acceptors (Lipinski definition) is 6. The van der Waals surface area contributed by atoms with E-state index in [1.165, 1.54) is 6.08 Å². The van der Waals surface area contributed by atoms with E-state index in [2.05, 4.69) is 5.32 Å². The minimum atomic E-state index is -0.627. The Morgan fingerprint density at radius 3 is 2.63 bits per heavy atom. The predicted octanol–water partition coefficient (Wildman–Crippen LogP) is 3.78. The zero-order chi connectivity index (χ0) is 21.3. The maximum Gasteiger partial charge on any atom is 0.343 e. The van der Waals surface area contributed by atoms with Crippen molar-refractivity contribution in [2.75, 3.05) is 11.9 Å². The van der Waals surface area contributed by atoms with Crippen LogP contribution in [0, 0.1) is 6.92 Å². The van der Waals surface area contributed by atoms with Crippen molar-refractivity contribution in [1.82, 2.24) is 4.90 Å². The fourth-order valence-electron chi connectivity index (χ4n) is 3.00. The fourth-order valence-corrected chi connectivity index (χ4v) is 3.83. The second kappa shape index (κ2) is 8.00. The number of thioether (sulfide) groups is 1. The summed E-state index contributed by atoms with van der Waals surface area (Å²) in [5, 5.41) is 2.82. The second-order valence-corrected chi connectivity index (χ2v) is 7.65. The Kier molecular flexibility index (Phi) is 5.24. The van der Waals surface area contributed by atoms with Crippen molar-refractivity contribution in [3.63, 3.8) is 0 Å². The molecule has 30 heavy (non-hydrogen) atoms. The number of benzene rings is 2. The molecular weight excluding hydrogens is 404 g/mol. The Bertz CT molecular complexity index is 1280. The number of nitrogens with zero attached hydrogens (tertiary/aromatic N) is 1. The zero-order valence-electron chi connectivity index (χ0n) is 15.9. The molecule has 0 spiro atoms. The van der Waals surface area contributed by atoms with Crippen molar-refractivity contribution < 1.29 is 18.8 Å². The SMILES string of the molecule is Cc1ccccc1NC(=O)CN1C(=O)S/C(=C/c2cc3ccccc3oc2=O)C1=O. The maximum atomic E-state index is 12.7. The van der Waals surface area contributed by atoms with Gasteiger partial charge in [0.1, 0.15) is 12.1 Å². The van der Waals surface area contributed by atoms with Crippen LogP contribution in [0.1, 0.15) is 11.1 Å². The summed E-state index contributed by atoms with van der Waals surface area (Å²) in [6, 6.07) is 15.8. The van der Waals surface area contributed by atoms with Crippen LogP contribution < -0.4 is 10.9 Å². The van der Waals surface area contributed by atoms with Gasteiger partial charge >= 0.3 is 5.63 Å². The maximum absolute atomic E-state index is 12.7. The zero-order valence-corrected chi connectivity index (χ0v) is 16.7. The number of imide groups is 1. The van der Waals surface area contributed by atoms with Crippen molar-refractivity contribution in [2.24, 2.45) is 0 Å². The molecule has 0 unspecified atom stereocenters. The van der Waals surface area contributed by atoms with Crippen molar-refractivity contribution in [3.05, 3.63) is 81.0 Å². The Morgan fingerprint density at radius 1 is 1.10 bits per heavy atom. The lowest BCUT2D eigenvalue weighted by molar-refractivity contribution is -0.127. The van der Waals surface area contributed by atoms with Gasteiger partial charge in [0.05, 0.1) is 10.5 Å². The number of carbonyl (C=O) groups is 3. The molecule has 4 rings (SSSR count). The van der Waals surface area contributed by atoms with Gasteiger partial charge in [0.2, 0.25) is 5.91 Å². The molecule has 1 saturated heterocycles. The average Bonchev–Trinajstić information content (AvgIpc) is 2.97. The standard InChI is InChI=1S/C22H16N2O5S/c1-13-6-2-4-8-16(13)23-19(25)12-24-20(26)18(30-22(24)28)11-15-10-14-7-3-5-9-17(14)29-21(15)27/h2-11H,12H2,1H3,(H,23,25)/b18-11+. The highest BCUT2D eigenvalue weighted by Crippen LogP contribution is 2.32. The summed E-state index contributed by atoms with van der Waals surface area (Å²) in [7, 11) is 0. The van der Waals surface area contributed by atoms with Gasteiger partial charge in [-0.3, -0.25) is 19.3 Å². The first kappa shape index (κ1) is 19.7. The third kappa shape index (κ3) is 3.90. The highest BCUT2D eigenvalue weighted by Gasteiger charge is 2.36. The summed E-state index contributed by atoms with van der Waals surface area (Å²) >= 11 is 0.680. The van der Waals surface area contributed by atoms with Gasteiger partial charge in [0.25, 0.3) is 11.1 Å². The van der Waals surface area contributed by atoms with E-state index in [0.29, 0.717) is 28.4 Å². The molecule has 7 nitrogen and oxygen atoms in total. The molecule has 8 heteroatoms. The van der Waals surface area contributed by atoms with Gasteiger partial charge in [0.15, 0.2) is 0 Å². The number of aryl methyl sites for hydroxylation is 1. The average molecular weight is 420 g/mol. The quantitative estimate of drug-likeness (QED) is 0.510. The van der Waals surface area contributed by atoms with E-state index in [0.717, 1.165) is 10.5 Å². The molecule has 0 atom stereocenters. The lowest BCUT2D eigenvalue weighted by Crippen LogP contribution is -2.36. The first-order chi connectivity index (χ1) is 14.4. The number of para-hydroxylation sites is 2. The highest BCUT2D eigenvalue weighted by atomic mass is 32.2. The van der Waals surface area contributed by atoms with Gasteiger partial charge in [-0.05, 0) is 48.5 Å². The van der Waals surface area contributed by atoms with Crippen LogP contribution in [0.15, 0.2) is 68.7 Å². The second-order valence-electron chi connectivity index (χ2n) is 6.66. The lowest BCUT2D eigenvalue weighted by Gasteiger charge is -2.13. The van der Waals surface area contributed by atoms with Gasteiger partial charge in [-0.2, -0.15) is 0 Å². The first-order valence-corrected chi connectivity index (χ1v) is 9.88. The van der Waals surface area contributed by atoms with E-state index in [4.69, 9.17) is 4.42 Å². The minimum Gasteiger partial charge on any atom is -0.422 e. The summed E-state index contributed by atoms with van der Waals surface area (Å²) < 4.78 is 5.25. The van der Waals surface area contributed by atoms with Crippen LogP contribution in [-0.4, -0.2) is 28.5 Å². The largest absolute Gasteiger partial charge is 0.422 e. The molecule has 3 aromatic rings. The van der Waals surface area contributed by atoms with E-state index in [1.54, 1.807) is 42.5 Å². The van der Waals surface area contributed by atoms with Crippen LogP contribution in [0.2, 0.25) is 0 Å². The molecule has 0 radical (unpaired) electrons. The lowest BCUT2D eigenvalue weighted by atomic mass is 10.2. The van der Waals surface area contributed by atoms with Gasteiger partial charge in [-0.25, -0.2) is 4.79 Å².